The molecule has 0 aromatic heterocycles. The first kappa shape index (κ1) is 10.2. The Kier molecular flexibility index (Phi) is 3.27. The van der Waals surface area contributed by atoms with Gasteiger partial charge in [0.25, 0.3) is 0 Å². The van der Waals surface area contributed by atoms with E-state index in [4.69, 9.17) is 0 Å². The van der Waals surface area contributed by atoms with Crippen molar-refractivity contribution in [3.63, 3.8) is 0 Å². The minimum atomic E-state index is -0.0133. The lowest BCUT2D eigenvalue weighted by molar-refractivity contribution is 0.0883. The smallest absolute Gasteiger partial charge is 0.0540 e. The monoisotopic (exact) mass is 193 g/mol. The Morgan fingerprint density at radius 2 is 1.86 bits per heavy atom. The van der Waals surface area contributed by atoms with Gasteiger partial charge in [-0.25, -0.2) is 0 Å². The molecular weight excluding hydrogens is 172 g/mol. The average molecular weight is 193 g/mol. The lowest BCUT2D eigenvalue weighted by Gasteiger charge is -2.35. The van der Waals surface area contributed by atoms with Gasteiger partial charge in [-0.3, -0.25) is 0 Å². The van der Waals surface area contributed by atoms with Gasteiger partial charge in [0.05, 0.1) is 6.10 Å². The van der Waals surface area contributed by atoms with E-state index < -0.39 is 0 Å². The molecule has 2 aliphatic rings. The second kappa shape index (κ2) is 4.48. The van der Waals surface area contributed by atoms with Crippen LogP contribution in [0, 0.1) is 24.2 Å². The largest absolute Gasteiger partial charge is 0.393 e. The van der Waals surface area contributed by atoms with Crippen molar-refractivity contribution >= 4 is 0 Å². The van der Waals surface area contributed by atoms with Gasteiger partial charge in [-0.1, -0.05) is 19.1 Å². The molecule has 0 aliphatic heterocycles. The van der Waals surface area contributed by atoms with Crippen molar-refractivity contribution < 1.29 is 5.11 Å². The lowest BCUT2D eigenvalue weighted by atomic mass is 9.71. The summed E-state index contributed by atoms with van der Waals surface area (Å²) in [7, 11) is 0. The van der Waals surface area contributed by atoms with Gasteiger partial charge in [0.15, 0.2) is 0 Å². The minimum absolute atomic E-state index is 0.0133. The van der Waals surface area contributed by atoms with Gasteiger partial charge in [-0.2, -0.15) is 0 Å². The second-order valence-corrected chi connectivity index (χ2v) is 4.98. The standard InChI is InChI=1S/C13H21O/c1-10-4-2-3-5-13(10)11-6-8-12(14)9-7-11/h2-3,5,10-14H,4,6-9H2,1H3/t10-,11?,12?,13+/m0/s1. The van der Waals surface area contributed by atoms with E-state index >= 15 is 0 Å². The predicted molar refractivity (Wildman–Crippen MR) is 58.7 cm³/mol. The van der Waals surface area contributed by atoms with Crippen LogP contribution in [-0.4, -0.2) is 11.2 Å². The molecule has 1 radical (unpaired) electrons. The van der Waals surface area contributed by atoms with Crippen molar-refractivity contribution in [1.29, 1.82) is 0 Å². The molecule has 2 atom stereocenters. The molecule has 1 nitrogen and oxygen atoms in total. The van der Waals surface area contributed by atoms with E-state index in [9.17, 15) is 5.11 Å². The third-order valence-corrected chi connectivity index (χ3v) is 3.92. The number of aliphatic hydroxyl groups is 1. The van der Waals surface area contributed by atoms with Crippen LogP contribution in [0.25, 0.3) is 0 Å². The molecule has 0 saturated heterocycles. The Labute approximate surface area is 87.2 Å². The fraction of sp³-hybridized carbons (Fsp3) is 0.769. The summed E-state index contributed by atoms with van der Waals surface area (Å²) in [6, 6.07) is 0. The normalized spacial score (nSPS) is 43.9. The summed E-state index contributed by atoms with van der Waals surface area (Å²) in [5, 5.41) is 9.47. The van der Waals surface area contributed by atoms with E-state index in [2.05, 4.69) is 25.5 Å². The van der Waals surface area contributed by atoms with Crippen LogP contribution in [-0.2, 0) is 0 Å². The average Bonchev–Trinajstić information content (AvgIpc) is 2.20. The molecule has 0 bridgehead atoms. The first-order chi connectivity index (χ1) is 6.77. The Bertz CT molecular complexity index is 201. The van der Waals surface area contributed by atoms with Crippen molar-refractivity contribution in [3.8, 4) is 0 Å². The molecule has 2 rings (SSSR count). The number of hydrogen-bond donors (Lipinski definition) is 1. The number of aliphatic hydroxyl groups excluding tert-OH is 1. The first-order valence-electron chi connectivity index (χ1n) is 5.95. The summed E-state index contributed by atoms with van der Waals surface area (Å²) < 4.78 is 0. The van der Waals surface area contributed by atoms with E-state index in [0.717, 1.165) is 30.6 Å². The van der Waals surface area contributed by atoms with Crippen molar-refractivity contribution in [2.24, 2.45) is 17.8 Å². The summed E-state index contributed by atoms with van der Waals surface area (Å²) in [5.74, 6) is 2.41. The van der Waals surface area contributed by atoms with Gasteiger partial charge in [-0.05, 0) is 56.3 Å². The van der Waals surface area contributed by atoms with E-state index in [1.807, 2.05) is 0 Å². The minimum Gasteiger partial charge on any atom is -0.393 e. The van der Waals surface area contributed by atoms with Crippen molar-refractivity contribution in [3.05, 3.63) is 18.6 Å². The fourth-order valence-corrected chi connectivity index (χ4v) is 2.96. The highest BCUT2D eigenvalue weighted by atomic mass is 16.3. The van der Waals surface area contributed by atoms with Crippen LogP contribution in [0.1, 0.15) is 39.0 Å². The van der Waals surface area contributed by atoms with Crippen LogP contribution in [0.2, 0.25) is 0 Å². The quantitative estimate of drug-likeness (QED) is 0.679. The van der Waals surface area contributed by atoms with Crippen molar-refractivity contribution in [1.82, 2.24) is 0 Å². The lowest BCUT2D eigenvalue weighted by Crippen LogP contribution is -2.28. The third kappa shape index (κ3) is 2.20. The maximum Gasteiger partial charge on any atom is 0.0540 e. The van der Waals surface area contributed by atoms with Crippen molar-refractivity contribution in [2.45, 2.75) is 45.1 Å². The Hall–Kier alpha value is -0.300. The number of rotatable bonds is 1. The first-order valence-corrected chi connectivity index (χ1v) is 5.95. The topological polar surface area (TPSA) is 20.2 Å². The molecule has 1 saturated carbocycles. The van der Waals surface area contributed by atoms with Gasteiger partial charge in [0.1, 0.15) is 0 Å². The molecule has 1 N–H and O–H groups in total. The highest BCUT2D eigenvalue weighted by molar-refractivity contribution is 5.07. The predicted octanol–water partition coefficient (Wildman–Crippen LogP) is 2.95. The van der Waals surface area contributed by atoms with Crippen LogP contribution in [0.5, 0.6) is 0 Å². The zero-order valence-corrected chi connectivity index (χ0v) is 9.02. The summed E-state index contributed by atoms with van der Waals surface area (Å²) in [5.41, 5.74) is 0. The molecule has 0 heterocycles. The van der Waals surface area contributed by atoms with E-state index in [1.165, 1.54) is 19.3 Å². The molecule has 1 heteroatoms. The Balaban J connectivity index is 1.93. The molecule has 0 amide bonds. The van der Waals surface area contributed by atoms with Crippen molar-refractivity contribution in [2.75, 3.05) is 0 Å². The van der Waals surface area contributed by atoms with Crippen LogP contribution < -0.4 is 0 Å². The summed E-state index contributed by atoms with van der Waals surface area (Å²) >= 11 is 0. The summed E-state index contributed by atoms with van der Waals surface area (Å²) in [6.45, 7) is 2.36. The SMILES string of the molecule is C[C@H]1C[CH]C=C[C@H]1C1CCC(O)CC1. The van der Waals surface area contributed by atoms with Gasteiger partial charge in [-0.15, -0.1) is 0 Å². The molecule has 0 spiro atoms. The van der Waals surface area contributed by atoms with Crippen LogP contribution in [0.3, 0.4) is 0 Å². The highest BCUT2D eigenvalue weighted by Crippen LogP contribution is 2.38. The van der Waals surface area contributed by atoms with E-state index in [0.29, 0.717) is 0 Å². The molecule has 0 aromatic rings. The maximum atomic E-state index is 9.47. The van der Waals surface area contributed by atoms with Crippen LogP contribution in [0.4, 0.5) is 0 Å². The summed E-state index contributed by atoms with van der Waals surface area (Å²) in [6.07, 6.45) is 12.6. The van der Waals surface area contributed by atoms with Gasteiger partial charge in [0.2, 0.25) is 0 Å². The highest BCUT2D eigenvalue weighted by Gasteiger charge is 2.29. The zero-order chi connectivity index (χ0) is 9.97. The van der Waals surface area contributed by atoms with E-state index in [1.54, 1.807) is 0 Å². The molecule has 79 valence electrons. The Morgan fingerprint density at radius 3 is 2.50 bits per heavy atom. The molecular formula is C13H21O. The summed E-state index contributed by atoms with van der Waals surface area (Å²) in [4.78, 5) is 0. The van der Waals surface area contributed by atoms with Crippen LogP contribution >= 0.6 is 0 Å². The molecule has 0 unspecified atom stereocenters. The molecule has 2 aliphatic carbocycles. The molecule has 1 fully saturated rings. The number of hydrogen-bond acceptors (Lipinski definition) is 1. The maximum absolute atomic E-state index is 9.47. The fourth-order valence-electron chi connectivity index (χ4n) is 2.96. The van der Waals surface area contributed by atoms with E-state index in [-0.39, 0.29) is 6.10 Å². The molecule has 14 heavy (non-hydrogen) atoms. The third-order valence-electron chi connectivity index (χ3n) is 3.92. The molecule has 0 aromatic carbocycles. The zero-order valence-electron chi connectivity index (χ0n) is 9.02. The van der Waals surface area contributed by atoms with Gasteiger partial charge >= 0.3 is 0 Å². The van der Waals surface area contributed by atoms with Crippen LogP contribution in [0.15, 0.2) is 12.2 Å². The van der Waals surface area contributed by atoms with Gasteiger partial charge < -0.3 is 5.11 Å². The van der Waals surface area contributed by atoms with Gasteiger partial charge in [0, 0.05) is 0 Å². The number of allylic oxidation sites excluding steroid dienone is 2. The second-order valence-electron chi connectivity index (χ2n) is 4.98. The Morgan fingerprint density at radius 1 is 1.14 bits per heavy atom.